The first-order valence-corrected chi connectivity index (χ1v) is 34.5. The molecule has 1 rings (SSSR count). The number of aliphatic hydroxyl groups is 2. The second-order valence-electron chi connectivity index (χ2n) is 23.1. The van der Waals surface area contributed by atoms with Crippen molar-refractivity contribution in [1.29, 1.82) is 0 Å². The van der Waals surface area contributed by atoms with Gasteiger partial charge in [0.25, 0.3) is 0 Å². The number of carbonyl (C=O) groups is 4. The number of aliphatic carboxylic acids is 1. The van der Waals surface area contributed by atoms with E-state index in [1.54, 1.807) is 0 Å². The summed E-state index contributed by atoms with van der Waals surface area (Å²) in [4.78, 5) is 51.5. The number of unbranched alkanes of at least 4 members (excludes halogenated alkanes) is 24. The number of rotatable bonds is 58. The van der Waals surface area contributed by atoms with Gasteiger partial charge in [0.2, 0.25) is 0 Å². The normalized spacial score (nSPS) is 18.1. The third kappa shape index (κ3) is 50.7. The van der Waals surface area contributed by atoms with Gasteiger partial charge in [-0.05, 0) is 109 Å². The highest BCUT2D eigenvalue weighted by atomic mass is 16.7. The summed E-state index contributed by atoms with van der Waals surface area (Å²) in [6.45, 7) is 5.75. The maximum absolute atomic E-state index is 13.2. The molecule has 3 N–H and O–H groups in total. The van der Waals surface area contributed by atoms with Crippen molar-refractivity contribution in [3.63, 3.8) is 0 Å². The van der Waals surface area contributed by atoms with Crippen LogP contribution in [-0.4, -0.2) is 89.2 Å². The summed E-state index contributed by atoms with van der Waals surface area (Å²) in [5.41, 5.74) is 0. The minimum absolute atomic E-state index is 0.0507. The van der Waals surface area contributed by atoms with Crippen LogP contribution in [0.5, 0.6) is 0 Å². The first kappa shape index (κ1) is 80.1. The Balaban J connectivity index is 2.69. The number of ether oxygens (including phenoxy) is 5. The molecule has 1 fully saturated rings. The van der Waals surface area contributed by atoms with Crippen molar-refractivity contribution in [2.24, 2.45) is 0 Å². The molecule has 0 amide bonds. The molecule has 12 nitrogen and oxygen atoms in total. The third-order valence-electron chi connectivity index (χ3n) is 15.0. The van der Waals surface area contributed by atoms with Crippen molar-refractivity contribution in [1.82, 2.24) is 0 Å². The SMILES string of the molecule is CC/C=C\C/C=C\C/C=C\C/C=C\C/C=C\CCCCCC(=O)OCC(COC1OC(C(=O)O)C(O)C(O)C1OC(=O)CCCCCCCCCCCCCCCCCCCCC)OC(=O)CCCCC/C=C\C/C=C\C/C=C\C/C=C\C/C=C\CC. The average molecular weight is 1220 g/mol. The Morgan fingerprint density at radius 1 is 0.391 bits per heavy atom. The first-order valence-electron chi connectivity index (χ1n) is 34.5. The lowest BCUT2D eigenvalue weighted by molar-refractivity contribution is -0.301. The summed E-state index contributed by atoms with van der Waals surface area (Å²) in [5.74, 6) is -3.21. The monoisotopic (exact) mass is 1210 g/mol. The van der Waals surface area contributed by atoms with Crippen molar-refractivity contribution in [3.05, 3.63) is 122 Å². The van der Waals surface area contributed by atoms with Gasteiger partial charge in [-0.1, -0.05) is 271 Å². The smallest absolute Gasteiger partial charge is 0.335 e. The third-order valence-corrected chi connectivity index (χ3v) is 15.0. The zero-order valence-corrected chi connectivity index (χ0v) is 54.7. The van der Waals surface area contributed by atoms with Crippen LogP contribution in [0.4, 0.5) is 0 Å². The fourth-order valence-corrected chi connectivity index (χ4v) is 9.83. The van der Waals surface area contributed by atoms with Gasteiger partial charge in [-0.2, -0.15) is 0 Å². The topological polar surface area (TPSA) is 175 Å². The molecule has 0 saturated carbocycles. The lowest BCUT2D eigenvalue weighted by Gasteiger charge is -2.40. The Kier molecular flexibility index (Phi) is 56.5. The minimum Gasteiger partial charge on any atom is -0.479 e. The van der Waals surface area contributed by atoms with E-state index in [2.05, 4.69) is 142 Å². The van der Waals surface area contributed by atoms with Gasteiger partial charge < -0.3 is 39.0 Å². The van der Waals surface area contributed by atoms with Crippen molar-refractivity contribution in [2.45, 2.75) is 314 Å². The molecule has 1 heterocycles. The zero-order chi connectivity index (χ0) is 63.1. The number of carboxylic acid groups (broad SMARTS) is 1. The molecule has 12 heteroatoms. The highest BCUT2D eigenvalue weighted by molar-refractivity contribution is 5.74. The van der Waals surface area contributed by atoms with Crippen molar-refractivity contribution >= 4 is 23.9 Å². The second kappa shape index (κ2) is 61.4. The van der Waals surface area contributed by atoms with Gasteiger partial charge in [-0.3, -0.25) is 14.4 Å². The quantitative estimate of drug-likeness (QED) is 0.0228. The maximum Gasteiger partial charge on any atom is 0.335 e. The molecule has 1 aliphatic heterocycles. The lowest BCUT2D eigenvalue weighted by Crippen LogP contribution is -2.61. The van der Waals surface area contributed by atoms with E-state index in [1.165, 1.54) is 89.9 Å². The highest BCUT2D eigenvalue weighted by Crippen LogP contribution is 2.27. The largest absolute Gasteiger partial charge is 0.479 e. The number of esters is 3. The summed E-state index contributed by atoms with van der Waals surface area (Å²) in [5, 5.41) is 31.7. The number of carboxylic acids is 1. The molecule has 6 unspecified atom stereocenters. The number of hydrogen-bond donors (Lipinski definition) is 3. The van der Waals surface area contributed by atoms with E-state index in [1.807, 2.05) is 0 Å². The molecule has 0 aromatic rings. The summed E-state index contributed by atoms with van der Waals surface area (Å²) >= 11 is 0. The molecular formula is C75H122O12. The maximum atomic E-state index is 13.2. The Hall–Kier alpha value is -4.88. The summed E-state index contributed by atoms with van der Waals surface area (Å²) in [6.07, 6.45) is 72.9. The predicted octanol–water partition coefficient (Wildman–Crippen LogP) is 19.1. The van der Waals surface area contributed by atoms with Gasteiger partial charge in [0, 0.05) is 19.3 Å². The molecule has 87 heavy (non-hydrogen) atoms. The Morgan fingerprint density at radius 2 is 0.724 bits per heavy atom. The molecule has 1 aliphatic rings. The van der Waals surface area contributed by atoms with Crippen LogP contribution in [0.3, 0.4) is 0 Å². The minimum atomic E-state index is -1.92. The van der Waals surface area contributed by atoms with Gasteiger partial charge >= 0.3 is 23.9 Å². The molecule has 494 valence electrons. The predicted molar refractivity (Wildman–Crippen MR) is 358 cm³/mol. The van der Waals surface area contributed by atoms with Crippen molar-refractivity contribution in [3.8, 4) is 0 Å². The molecule has 0 aromatic carbocycles. The van der Waals surface area contributed by atoms with E-state index in [-0.39, 0.29) is 25.9 Å². The van der Waals surface area contributed by atoms with Gasteiger partial charge in [0.1, 0.15) is 18.8 Å². The van der Waals surface area contributed by atoms with Crippen LogP contribution in [-0.2, 0) is 42.9 Å². The molecule has 6 atom stereocenters. The van der Waals surface area contributed by atoms with Crippen LogP contribution < -0.4 is 0 Å². The van der Waals surface area contributed by atoms with Crippen molar-refractivity contribution in [2.75, 3.05) is 13.2 Å². The van der Waals surface area contributed by atoms with E-state index in [0.717, 1.165) is 128 Å². The lowest BCUT2D eigenvalue weighted by atomic mass is 9.98. The van der Waals surface area contributed by atoms with E-state index in [9.17, 15) is 34.5 Å². The standard InChI is InChI=1S/C75H122O12/c1-4-7-10-13-16-19-22-25-28-31-34-37-40-43-46-49-52-55-58-61-67(76)83-64-66(85-68(77)62-59-56-53-50-47-44-41-38-35-32-29-26-23-20-17-14-11-8-5-2)65-84-75-73(71(80)70(79)72(87-75)74(81)82)86-69(78)63-60-57-54-51-48-45-42-39-36-33-30-27-24-21-18-15-12-9-6-3/h7-8,10-11,16-17,19-20,25-26,28-29,34-35,37-38,43-44,46-47,66,70-73,75,79-80H,4-6,9,12-15,18,21-24,27,30-33,36,39-42,45,48-65H2,1-3H3,(H,81,82)/b10-7-,11-8-,19-16-,20-17-,28-25-,29-26-,37-34-,38-35-,46-43-,47-44-. The van der Waals surface area contributed by atoms with Gasteiger partial charge in [-0.15, -0.1) is 0 Å². The Bertz CT molecular complexity index is 1970. The molecule has 0 aromatic heterocycles. The summed E-state index contributed by atoms with van der Waals surface area (Å²) in [6, 6.07) is 0. The Labute approximate surface area is 528 Å². The molecule has 1 saturated heterocycles. The molecule has 0 aliphatic carbocycles. The number of allylic oxidation sites excluding steroid dienone is 20. The van der Waals surface area contributed by atoms with Crippen LogP contribution >= 0.6 is 0 Å². The van der Waals surface area contributed by atoms with Crippen LogP contribution in [0.15, 0.2) is 122 Å². The van der Waals surface area contributed by atoms with Crippen molar-refractivity contribution < 1.29 is 58.2 Å². The van der Waals surface area contributed by atoms with Crippen LogP contribution in [0, 0.1) is 0 Å². The summed E-state index contributed by atoms with van der Waals surface area (Å²) < 4.78 is 28.5. The summed E-state index contributed by atoms with van der Waals surface area (Å²) in [7, 11) is 0. The highest BCUT2D eigenvalue weighted by Gasteiger charge is 2.50. The molecule has 0 spiro atoms. The van der Waals surface area contributed by atoms with Gasteiger partial charge in [0.15, 0.2) is 24.6 Å². The zero-order valence-electron chi connectivity index (χ0n) is 54.7. The van der Waals surface area contributed by atoms with Gasteiger partial charge in [-0.25, -0.2) is 4.79 Å². The first-order chi connectivity index (χ1) is 42.6. The van der Waals surface area contributed by atoms with E-state index < -0.39 is 67.3 Å². The molecule has 0 bridgehead atoms. The fourth-order valence-electron chi connectivity index (χ4n) is 9.83. The van der Waals surface area contributed by atoms with Crippen LogP contribution in [0.1, 0.15) is 278 Å². The fraction of sp³-hybridized carbons (Fsp3) is 0.680. The van der Waals surface area contributed by atoms with Crippen LogP contribution in [0.2, 0.25) is 0 Å². The van der Waals surface area contributed by atoms with E-state index in [4.69, 9.17) is 23.7 Å². The number of hydrogen-bond acceptors (Lipinski definition) is 11. The average Bonchev–Trinajstić information content (AvgIpc) is 2.56. The second-order valence-corrected chi connectivity index (χ2v) is 23.1. The van der Waals surface area contributed by atoms with Gasteiger partial charge in [0.05, 0.1) is 6.61 Å². The number of carbonyl (C=O) groups excluding carboxylic acids is 3. The number of aliphatic hydroxyl groups excluding tert-OH is 2. The van der Waals surface area contributed by atoms with E-state index in [0.29, 0.717) is 19.3 Å². The van der Waals surface area contributed by atoms with E-state index >= 15 is 0 Å². The molecule has 0 radical (unpaired) electrons. The van der Waals surface area contributed by atoms with Crippen LogP contribution in [0.25, 0.3) is 0 Å². The molecular weight excluding hydrogens is 1090 g/mol. The Morgan fingerprint density at radius 3 is 1.10 bits per heavy atom.